The van der Waals surface area contributed by atoms with Crippen LogP contribution in [0.3, 0.4) is 0 Å². The third-order valence-corrected chi connectivity index (χ3v) is 3.91. The van der Waals surface area contributed by atoms with Crippen LogP contribution in [0.1, 0.15) is 19.3 Å². The van der Waals surface area contributed by atoms with Gasteiger partial charge in [0.05, 0.1) is 4.47 Å². The predicted octanol–water partition coefficient (Wildman–Crippen LogP) is 2.45. The molecule has 3 atom stereocenters. The molecule has 2 aliphatic rings. The third-order valence-electron chi connectivity index (χ3n) is 3.33. The minimum absolute atomic E-state index is 0.645. The molecular weight excluding hydrogens is 242 g/mol. The number of aromatic nitrogens is 2. The first-order valence-corrected chi connectivity index (χ1v) is 5.86. The van der Waals surface area contributed by atoms with Crippen LogP contribution >= 0.6 is 15.9 Å². The monoisotopic (exact) mass is 253 g/mol. The molecule has 3 rings (SSSR count). The van der Waals surface area contributed by atoms with Gasteiger partial charge in [-0.15, -0.1) is 0 Å². The molecule has 1 heterocycles. The molecule has 0 bridgehead atoms. The second-order valence-electron chi connectivity index (χ2n) is 4.21. The highest BCUT2D eigenvalue weighted by atomic mass is 79.9. The topological polar surface area (TPSA) is 37.8 Å². The number of fused-ring (bicyclic) bond motifs is 1. The van der Waals surface area contributed by atoms with Crippen molar-refractivity contribution < 1.29 is 0 Å². The van der Waals surface area contributed by atoms with Gasteiger partial charge in [-0.2, -0.15) is 0 Å². The highest BCUT2D eigenvalue weighted by Gasteiger charge is 2.48. The number of anilines is 1. The SMILES string of the molecule is Brc1cncnc1NC1CCC2CC21. The summed E-state index contributed by atoms with van der Waals surface area (Å²) in [6, 6.07) is 0.645. The maximum Gasteiger partial charge on any atom is 0.143 e. The maximum atomic E-state index is 4.23. The van der Waals surface area contributed by atoms with E-state index < -0.39 is 0 Å². The van der Waals surface area contributed by atoms with Gasteiger partial charge in [0.15, 0.2) is 0 Å². The summed E-state index contributed by atoms with van der Waals surface area (Å²) in [5.41, 5.74) is 0. The molecule has 3 unspecified atom stereocenters. The Kier molecular flexibility index (Phi) is 1.97. The molecule has 4 heteroatoms. The number of hydrogen-bond donors (Lipinski definition) is 1. The van der Waals surface area contributed by atoms with Crippen molar-refractivity contribution in [3.8, 4) is 0 Å². The average molecular weight is 254 g/mol. The minimum atomic E-state index is 0.645. The van der Waals surface area contributed by atoms with E-state index in [0.717, 1.165) is 22.1 Å². The Hall–Kier alpha value is -0.640. The zero-order valence-corrected chi connectivity index (χ0v) is 9.37. The summed E-state index contributed by atoms with van der Waals surface area (Å²) in [6.07, 6.45) is 7.48. The van der Waals surface area contributed by atoms with E-state index in [0.29, 0.717) is 6.04 Å². The fourth-order valence-electron chi connectivity index (χ4n) is 2.48. The first kappa shape index (κ1) is 8.65. The van der Waals surface area contributed by atoms with Gasteiger partial charge in [0.2, 0.25) is 0 Å². The Morgan fingerprint density at radius 1 is 1.43 bits per heavy atom. The molecule has 2 fully saturated rings. The van der Waals surface area contributed by atoms with E-state index in [1.54, 1.807) is 12.5 Å². The van der Waals surface area contributed by atoms with Crippen LogP contribution in [0, 0.1) is 11.8 Å². The van der Waals surface area contributed by atoms with E-state index in [9.17, 15) is 0 Å². The predicted molar refractivity (Wildman–Crippen MR) is 58.0 cm³/mol. The van der Waals surface area contributed by atoms with Crippen molar-refractivity contribution in [2.75, 3.05) is 5.32 Å². The second-order valence-corrected chi connectivity index (χ2v) is 5.06. The number of nitrogens with one attached hydrogen (secondary N) is 1. The maximum absolute atomic E-state index is 4.23. The van der Waals surface area contributed by atoms with Gasteiger partial charge < -0.3 is 5.32 Å². The Bertz CT molecular complexity index is 355. The second kappa shape index (κ2) is 3.19. The Labute approximate surface area is 91.5 Å². The van der Waals surface area contributed by atoms with Crippen LogP contribution < -0.4 is 5.32 Å². The Balaban J connectivity index is 1.74. The van der Waals surface area contributed by atoms with Crippen molar-refractivity contribution in [1.82, 2.24) is 9.97 Å². The van der Waals surface area contributed by atoms with Gasteiger partial charge in [-0.05, 0) is 47.0 Å². The summed E-state index contributed by atoms with van der Waals surface area (Å²) in [4.78, 5) is 8.18. The molecule has 74 valence electrons. The van der Waals surface area contributed by atoms with Crippen LogP contribution in [0.15, 0.2) is 17.0 Å². The average Bonchev–Trinajstić information content (AvgIpc) is 2.87. The van der Waals surface area contributed by atoms with E-state index in [-0.39, 0.29) is 0 Å². The van der Waals surface area contributed by atoms with Gasteiger partial charge >= 0.3 is 0 Å². The van der Waals surface area contributed by atoms with Crippen molar-refractivity contribution in [2.45, 2.75) is 25.3 Å². The number of nitrogens with zero attached hydrogens (tertiary/aromatic N) is 2. The summed E-state index contributed by atoms with van der Waals surface area (Å²) in [5.74, 6) is 2.86. The van der Waals surface area contributed by atoms with Gasteiger partial charge in [0, 0.05) is 12.2 Å². The molecule has 0 spiro atoms. The van der Waals surface area contributed by atoms with Gasteiger partial charge in [0.1, 0.15) is 12.1 Å². The standard InChI is InChI=1S/C10H12BrN3/c11-8-4-12-5-13-10(8)14-9-2-1-6-3-7(6)9/h4-7,9H,1-3H2,(H,12,13,14). The van der Waals surface area contributed by atoms with Crippen molar-refractivity contribution in [3.63, 3.8) is 0 Å². The van der Waals surface area contributed by atoms with Crippen LogP contribution in [-0.2, 0) is 0 Å². The first-order valence-electron chi connectivity index (χ1n) is 5.06. The first-order chi connectivity index (χ1) is 6.84. The molecule has 2 aliphatic carbocycles. The molecule has 0 radical (unpaired) electrons. The fourth-order valence-corrected chi connectivity index (χ4v) is 2.81. The van der Waals surface area contributed by atoms with Gasteiger partial charge in [-0.1, -0.05) is 0 Å². The molecule has 1 aromatic heterocycles. The number of rotatable bonds is 2. The minimum Gasteiger partial charge on any atom is -0.366 e. The molecule has 1 N–H and O–H groups in total. The van der Waals surface area contributed by atoms with E-state index in [4.69, 9.17) is 0 Å². The summed E-state index contributed by atoms with van der Waals surface area (Å²) in [6.45, 7) is 0. The van der Waals surface area contributed by atoms with Gasteiger partial charge in [-0.25, -0.2) is 9.97 Å². The number of halogens is 1. The molecule has 0 aromatic carbocycles. The summed E-state index contributed by atoms with van der Waals surface area (Å²) >= 11 is 3.45. The van der Waals surface area contributed by atoms with E-state index in [2.05, 4.69) is 31.2 Å². The van der Waals surface area contributed by atoms with E-state index in [1.807, 2.05) is 0 Å². The molecule has 0 saturated heterocycles. The van der Waals surface area contributed by atoms with Crippen molar-refractivity contribution in [3.05, 3.63) is 17.0 Å². The highest BCUT2D eigenvalue weighted by molar-refractivity contribution is 9.10. The van der Waals surface area contributed by atoms with Crippen LogP contribution in [-0.4, -0.2) is 16.0 Å². The normalized spacial score (nSPS) is 33.9. The van der Waals surface area contributed by atoms with Gasteiger partial charge in [0.25, 0.3) is 0 Å². The van der Waals surface area contributed by atoms with Crippen LogP contribution in [0.4, 0.5) is 5.82 Å². The van der Waals surface area contributed by atoms with Crippen LogP contribution in [0.5, 0.6) is 0 Å². The third kappa shape index (κ3) is 1.41. The summed E-state index contributed by atoms with van der Waals surface area (Å²) < 4.78 is 0.962. The largest absolute Gasteiger partial charge is 0.366 e. The quantitative estimate of drug-likeness (QED) is 0.880. The van der Waals surface area contributed by atoms with E-state index >= 15 is 0 Å². The Morgan fingerprint density at radius 3 is 3.00 bits per heavy atom. The molecule has 2 saturated carbocycles. The smallest absolute Gasteiger partial charge is 0.143 e. The molecule has 0 amide bonds. The molecule has 1 aromatic rings. The van der Waals surface area contributed by atoms with Crippen molar-refractivity contribution >= 4 is 21.7 Å². The lowest BCUT2D eigenvalue weighted by atomic mass is 10.2. The molecule has 3 nitrogen and oxygen atoms in total. The molecular formula is C10H12BrN3. The lowest BCUT2D eigenvalue weighted by molar-refractivity contribution is 0.651. The zero-order chi connectivity index (χ0) is 9.54. The fraction of sp³-hybridized carbons (Fsp3) is 0.600. The lowest BCUT2D eigenvalue weighted by Crippen LogP contribution is -2.19. The summed E-state index contributed by atoms with van der Waals surface area (Å²) in [5, 5.41) is 3.50. The Morgan fingerprint density at radius 2 is 2.36 bits per heavy atom. The van der Waals surface area contributed by atoms with Crippen molar-refractivity contribution in [2.24, 2.45) is 11.8 Å². The molecule has 0 aliphatic heterocycles. The summed E-state index contributed by atoms with van der Waals surface area (Å²) in [7, 11) is 0. The lowest BCUT2D eigenvalue weighted by Gasteiger charge is -2.15. The highest BCUT2D eigenvalue weighted by Crippen LogP contribution is 2.52. The number of hydrogen-bond acceptors (Lipinski definition) is 3. The molecule has 14 heavy (non-hydrogen) atoms. The van der Waals surface area contributed by atoms with Gasteiger partial charge in [-0.3, -0.25) is 0 Å². The van der Waals surface area contributed by atoms with Crippen LogP contribution in [0.2, 0.25) is 0 Å². The van der Waals surface area contributed by atoms with E-state index in [1.165, 1.54) is 19.3 Å². The van der Waals surface area contributed by atoms with Crippen LogP contribution in [0.25, 0.3) is 0 Å². The zero-order valence-electron chi connectivity index (χ0n) is 7.78. The van der Waals surface area contributed by atoms with Crippen molar-refractivity contribution in [1.29, 1.82) is 0 Å².